The predicted molar refractivity (Wildman–Crippen MR) is 51.5 cm³/mol. The van der Waals surface area contributed by atoms with E-state index in [0.717, 1.165) is 0 Å². The Morgan fingerprint density at radius 1 is 1.46 bits per heavy atom. The van der Waals surface area contributed by atoms with Crippen molar-refractivity contribution in [2.24, 2.45) is 0 Å². The van der Waals surface area contributed by atoms with Gasteiger partial charge in [0.2, 0.25) is 0 Å². The molecular formula is C8H11Cl2NO2. The maximum Gasteiger partial charge on any atom is 0.269 e. The highest BCUT2D eigenvalue weighted by Crippen LogP contribution is 2.31. The van der Waals surface area contributed by atoms with Crippen LogP contribution in [0.15, 0.2) is 10.1 Å². The summed E-state index contributed by atoms with van der Waals surface area (Å²) in [6.45, 7) is 4.73. The zero-order valence-electron chi connectivity index (χ0n) is 7.51. The van der Waals surface area contributed by atoms with Crippen LogP contribution in [0.25, 0.3) is 0 Å². The molecule has 0 aromatic heterocycles. The predicted octanol–water partition coefficient (Wildman–Crippen LogP) is 1.90. The fourth-order valence-electron chi connectivity index (χ4n) is 1.21. The molecular weight excluding hydrogens is 213 g/mol. The Labute approximate surface area is 87.2 Å². The van der Waals surface area contributed by atoms with Crippen LogP contribution in [0.1, 0.15) is 13.8 Å². The van der Waals surface area contributed by atoms with E-state index >= 15 is 0 Å². The molecule has 0 saturated heterocycles. The van der Waals surface area contributed by atoms with Crippen molar-refractivity contribution in [3.05, 3.63) is 10.1 Å². The second kappa shape index (κ2) is 4.31. The van der Waals surface area contributed by atoms with Gasteiger partial charge in [-0.25, -0.2) is 0 Å². The zero-order chi connectivity index (χ0) is 10.0. The molecule has 1 rings (SSSR count). The Balaban J connectivity index is 2.86. The van der Waals surface area contributed by atoms with E-state index in [4.69, 9.17) is 27.9 Å². The fourth-order valence-corrected chi connectivity index (χ4v) is 1.67. The number of carbonyl (C=O) groups excluding carboxylic acids is 1. The van der Waals surface area contributed by atoms with Gasteiger partial charge in [-0.05, 0) is 13.8 Å². The lowest BCUT2D eigenvalue weighted by Gasteiger charge is -2.23. The van der Waals surface area contributed by atoms with Gasteiger partial charge in [-0.3, -0.25) is 4.79 Å². The highest BCUT2D eigenvalue weighted by molar-refractivity contribution is 6.49. The second-order valence-electron chi connectivity index (χ2n) is 2.56. The van der Waals surface area contributed by atoms with Gasteiger partial charge in [0.1, 0.15) is 5.03 Å². The maximum absolute atomic E-state index is 11.4. The van der Waals surface area contributed by atoms with E-state index in [9.17, 15) is 4.79 Å². The monoisotopic (exact) mass is 223 g/mol. The SMILES string of the molecule is CCO[C@@H]1C(Cl)=C(Cl)C(=O)N1CC. The number of halogens is 2. The fraction of sp³-hybridized carbons (Fsp3) is 0.625. The smallest absolute Gasteiger partial charge is 0.269 e. The second-order valence-corrected chi connectivity index (χ2v) is 3.35. The normalized spacial score (nSPS) is 23.2. The zero-order valence-corrected chi connectivity index (χ0v) is 9.02. The van der Waals surface area contributed by atoms with Crippen LogP contribution in [-0.2, 0) is 9.53 Å². The first-order valence-electron chi connectivity index (χ1n) is 4.11. The van der Waals surface area contributed by atoms with Crippen molar-refractivity contribution in [3.63, 3.8) is 0 Å². The Kier molecular flexibility index (Phi) is 3.59. The number of hydrogen-bond acceptors (Lipinski definition) is 2. The molecule has 0 spiro atoms. The molecule has 0 radical (unpaired) electrons. The lowest BCUT2D eigenvalue weighted by molar-refractivity contribution is -0.133. The summed E-state index contributed by atoms with van der Waals surface area (Å²) in [6.07, 6.45) is -0.489. The molecule has 1 aliphatic heterocycles. The number of hydrogen-bond donors (Lipinski definition) is 0. The van der Waals surface area contributed by atoms with Crippen molar-refractivity contribution in [3.8, 4) is 0 Å². The van der Waals surface area contributed by atoms with Crippen molar-refractivity contribution in [1.82, 2.24) is 4.90 Å². The molecule has 1 aliphatic rings. The van der Waals surface area contributed by atoms with Gasteiger partial charge in [-0.1, -0.05) is 23.2 Å². The number of likely N-dealkylation sites (N-methyl/N-ethyl adjacent to an activating group) is 1. The average Bonchev–Trinajstić information content (AvgIpc) is 2.32. The molecule has 74 valence electrons. The Bertz CT molecular complexity index is 253. The van der Waals surface area contributed by atoms with Crippen LogP contribution in [-0.4, -0.2) is 30.2 Å². The van der Waals surface area contributed by atoms with E-state index in [1.807, 2.05) is 13.8 Å². The summed E-state index contributed by atoms with van der Waals surface area (Å²) in [7, 11) is 0. The van der Waals surface area contributed by atoms with Crippen molar-refractivity contribution in [1.29, 1.82) is 0 Å². The van der Waals surface area contributed by atoms with E-state index < -0.39 is 6.23 Å². The molecule has 13 heavy (non-hydrogen) atoms. The Morgan fingerprint density at radius 3 is 2.54 bits per heavy atom. The number of amides is 1. The van der Waals surface area contributed by atoms with Gasteiger partial charge in [0, 0.05) is 13.2 Å². The van der Waals surface area contributed by atoms with Crippen LogP contribution in [0.2, 0.25) is 0 Å². The standard InChI is InChI=1S/C8H11Cl2NO2/c1-3-11-7(12)5(9)6(10)8(11)13-4-2/h8H,3-4H2,1-2H3/t8-/m1/s1. The lowest BCUT2D eigenvalue weighted by Crippen LogP contribution is -2.36. The third-order valence-corrected chi connectivity index (χ3v) is 2.66. The minimum atomic E-state index is -0.489. The molecule has 0 aromatic carbocycles. The van der Waals surface area contributed by atoms with Crippen molar-refractivity contribution >= 4 is 29.1 Å². The van der Waals surface area contributed by atoms with Gasteiger partial charge in [-0.2, -0.15) is 0 Å². The van der Waals surface area contributed by atoms with Gasteiger partial charge < -0.3 is 9.64 Å². The Morgan fingerprint density at radius 2 is 2.08 bits per heavy atom. The highest BCUT2D eigenvalue weighted by atomic mass is 35.5. The maximum atomic E-state index is 11.4. The number of ether oxygens (including phenoxy) is 1. The summed E-state index contributed by atoms with van der Waals surface area (Å²) >= 11 is 11.5. The Hall–Kier alpha value is -0.250. The number of rotatable bonds is 3. The summed E-state index contributed by atoms with van der Waals surface area (Å²) < 4.78 is 5.29. The molecule has 0 unspecified atom stereocenters. The largest absolute Gasteiger partial charge is 0.353 e. The van der Waals surface area contributed by atoms with Crippen LogP contribution in [0.5, 0.6) is 0 Å². The van der Waals surface area contributed by atoms with Crippen LogP contribution in [0.4, 0.5) is 0 Å². The molecule has 5 heteroatoms. The van der Waals surface area contributed by atoms with Gasteiger partial charge in [0.15, 0.2) is 6.23 Å². The molecule has 0 bridgehead atoms. The molecule has 1 amide bonds. The van der Waals surface area contributed by atoms with E-state index in [0.29, 0.717) is 13.2 Å². The molecule has 0 N–H and O–H groups in total. The minimum absolute atomic E-state index is 0.0713. The summed E-state index contributed by atoms with van der Waals surface area (Å²) in [5.74, 6) is -0.257. The number of carbonyl (C=O) groups is 1. The lowest BCUT2D eigenvalue weighted by atomic mass is 10.5. The third-order valence-electron chi connectivity index (χ3n) is 1.82. The van der Waals surface area contributed by atoms with Crippen molar-refractivity contribution in [2.75, 3.05) is 13.2 Å². The van der Waals surface area contributed by atoms with Crippen molar-refractivity contribution < 1.29 is 9.53 Å². The van der Waals surface area contributed by atoms with Crippen LogP contribution < -0.4 is 0 Å². The molecule has 1 heterocycles. The number of nitrogens with zero attached hydrogens (tertiary/aromatic N) is 1. The van der Waals surface area contributed by atoms with E-state index in [2.05, 4.69) is 0 Å². The molecule has 1 atom stereocenters. The molecule has 0 saturated carbocycles. The van der Waals surface area contributed by atoms with Gasteiger partial charge in [-0.15, -0.1) is 0 Å². The molecule has 0 aromatic rings. The first kappa shape index (κ1) is 10.8. The van der Waals surface area contributed by atoms with E-state index in [1.165, 1.54) is 4.90 Å². The summed E-state index contributed by atoms with van der Waals surface area (Å²) in [6, 6.07) is 0. The molecule has 3 nitrogen and oxygen atoms in total. The topological polar surface area (TPSA) is 29.5 Å². The van der Waals surface area contributed by atoms with Gasteiger partial charge in [0.05, 0.1) is 5.03 Å². The minimum Gasteiger partial charge on any atom is -0.353 e. The van der Waals surface area contributed by atoms with Gasteiger partial charge >= 0.3 is 0 Å². The van der Waals surface area contributed by atoms with E-state index in [1.54, 1.807) is 0 Å². The van der Waals surface area contributed by atoms with Crippen LogP contribution in [0, 0.1) is 0 Å². The quantitative estimate of drug-likeness (QED) is 0.732. The van der Waals surface area contributed by atoms with E-state index in [-0.39, 0.29) is 16.0 Å². The third kappa shape index (κ3) is 1.82. The highest BCUT2D eigenvalue weighted by Gasteiger charge is 2.37. The van der Waals surface area contributed by atoms with Crippen LogP contribution >= 0.6 is 23.2 Å². The summed E-state index contributed by atoms with van der Waals surface area (Å²) in [4.78, 5) is 12.9. The van der Waals surface area contributed by atoms with Gasteiger partial charge in [0.25, 0.3) is 5.91 Å². The summed E-state index contributed by atoms with van der Waals surface area (Å²) in [5.41, 5.74) is 0. The molecule has 0 aliphatic carbocycles. The summed E-state index contributed by atoms with van der Waals surface area (Å²) in [5, 5.41) is 0.359. The van der Waals surface area contributed by atoms with Crippen molar-refractivity contribution in [2.45, 2.75) is 20.1 Å². The van der Waals surface area contributed by atoms with Crippen LogP contribution in [0.3, 0.4) is 0 Å². The molecule has 0 fully saturated rings. The average molecular weight is 224 g/mol. The first-order valence-corrected chi connectivity index (χ1v) is 4.86. The first-order chi connectivity index (χ1) is 6.13.